The molecule has 1 amide bonds. The third-order valence-corrected chi connectivity index (χ3v) is 3.90. The van der Waals surface area contributed by atoms with Crippen LogP contribution in [0, 0.1) is 0 Å². The average Bonchev–Trinajstić information content (AvgIpc) is 3.28. The quantitative estimate of drug-likeness (QED) is 0.916. The summed E-state index contributed by atoms with van der Waals surface area (Å²) in [4.78, 5) is 11.9. The Labute approximate surface area is 118 Å². The van der Waals surface area contributed by atoms with Gasteiger partial charge in [-0.15, -0.1) is 0 Å². The minimum absolute atomic E-state index is 0.0803. The van der Waals surface area contributed by atoms with Gasteiger partial charge in [0, 0.05) is 0 Å². The topological polar surface area (TPSA) is 47.6 Å². The Balaban J connectivity index is 1.50. The summed E-state index contributed by atoms with van der Waals surface area (Å²) in [5, 5.41) is 2.99. The van der Waals surface area contributed by atoms with Crippen LogP contribution in [-0.4, -0.2) is 17.7 Å². The van der Waals surface area contributed by atoms with Gasteiger partial charge in [0.1, 0.15) is 12.7 Å². The number of amides is 1. The van der Waals surface area contributed by atoms with Crippen molar-refractivity contribution in [2.75, 3.05) is 0 Å². The van der Waals surface area contributed by atoms with Crippen LogP contribution in [0.15, 0.2) is 42.7 Å². The van der Waals surface area contributed by atoms with E-state index in [2.05, 4.69) is 5.32 Å². The molecule has 20 heavy (non-hydrogen) atoms. The highest BCUT2D eigenvalue weighted by Crippen LogP contribution is 2.43. The first-order chi connectivity index (χ1) is 9.78. The lowest BCUT2D eigenvalue weighted by atomic mass is 10.0. The van der Waals surface area contributed by atoms with Crippen LogP contribution in [0.25, 0.3) is 0 Å². The minimum Gasteiger partial charge on any atom is -0.496 e. The number of benzene rings is 1. The van der Waals surface area contributed by atoms with E-state index in [9.17, 15) is 4.79 Å². The molecular formula is C16H19NO3. The van der Waals surface area contributed by atoms with Gasteiger partial charge in [0.2, 0.25) is 0 Å². The van der Waals surface area contributed by atoms with Crippen LogP contribution in [0.4, 0.5) is 4.79 Å². The molecule has 106 valence electrons. The summed E-state index contributed by atoms with van der Waals surface area (Å²) in [6.07, 6.45) is 7.37. The van der Waals surface area contributed by atoms with E-state index in [1.54, 1.807) is 6.26 Å². The van der Waals surface area contributed by atoms with E-state index in [0.29, 0.717) is 6.61 Å². The third kappa shape index (κ3) is 2.95. The van der Waals surface area contributed by atoms with Crippen LogP contribution >= 0.6 is 0 Å². The second kappa shape index (κ2) is 5.57. The molecular weight excluding hydrogens is 254 g/mol. The summed E-state index contributed by atoms with van der Waals surface area (Å²) in [5.41, 5.74) is 0.780. The summed E-state index contributed by atoms with van der Waals surface area (Å²) in [7, 11) is 0. The summed E-state index contributed by atoms with van der Waals surface area (Å²) in [5.74, 6) is 0. The van der Waals surface area contributed by atoms with Gasteiger partial charge < -0.3 is 14.8 Å². The highest BCUT2D eigenvalue weighted by molar-refractivity contribution is 5.69. The molecule has 2 aliphatic rings. The van der Waals surface area contributed by atoms with Crippen molar-refractivity contribution < 1.29 is 14.3 Å². The number of carbonyl (C=O) groups excluding carboxylic acids is 1. The van der Waals surface area contributed by atoms with Gasteiger partial charge in [-0.25, -0.2) is 4.79 Å². The molecule has 4 heteroatoms. The van der Waals surface area contributed by atoms with Gasteiger partial charge in [-0.2, -0.15) is 0 Å². The number of rotatable bonds is 4. The maximum Gasteiger partial charge on any atom is 0.408 e. The smallest absolute Gasteiger partial charge is 0.408 e. The monoisotopic (exact) mass is 273 g/mol. The van der Waals surface area contributed by atoms with Crippen LogP contribution in [0.3, 0.4) is 0 Å². The van der Waals surface area contributed by atoms with E-state index in [1.807, 2.05) is 36.4 Å². The number of hydrogen-bond acceptors (Lipinski definition) is 3. The fourth-order valence-corrected chi connectivity index (χ4v) is 2.57. The molecule has 1 atom stereocenters. The SMILES string of the molecule is O=C(NC1([C@@H]2CCC=CO2)CC1)OCc1ccccc1. The van der Waals surface area contributed by atoms with E-state index < -0.39 is 0 Å². The number of hydrogen-bond donors (Lipinski definition) is 1. The number of nitrogens with one attached hydrogen (secondary N) is 1. The van der Waals surface area contributed by atoms with Crippen molar-refractivity contribution in [2.45, 2.75) is 43.9 Å². The maximum absolute atomic E-state index is 11.9. The Bertz CT molecular complexity index is 494. The second-order valence-electron chi connectivity index (χ2n) is 5.42. The van der Waals surface area contributed by atoms with E-state index in [4.69, 9.17) is 9.47 Å². The third-order valence-electron chi connectivity index (χ3n) is 3.90. The van der Waals surface area contributed by atoms with Gasteiger partial charge in [0.25, 0.3) is 0 Å². The summed E-state index contributed by atoms with van der Waals surface area (Å²) in [6, 6.07) is 9.68. The molecule has 0 unspecified atom stereocenters. The number of ether oxygens (including phenoxy) is 2. The van der Waals surface area contributed by atoms with Crippen LogP contribution in [0.5, 0.6) is 0 Å². The zero-order chi connectivity index (χ0) is 13.8. The Hall–Kier alpha value is -1.97. The average molecular weight is 273 g/mol. The second-order valence-corrected chi connectivity index (χ2v) is 5.42. The Morgan fingerprint density at radius 1 is 1.35 bits per heavy atom. The Morgan fingerprint density at radius 2 is 2.15 bits per heavy atom. The zero-order valence-corrected chi connectivity index (χ0v) is 11.4. The minimum atomic E-state index is -0.357. The van der Waals surface area contributed by atoms with Crippen molar-refractivity contribution in [2.24, 2.45) is 0 Å². The summed E-state index contributed by atoms with van der Waals surface area (Å²) in [6.45, 7) is 0.300. The van der Waals surface area contributed by atoms with Gasteiger partial charge >= 0.3 is 6.09 Å². The molecule has 4 nitrogen and oxygen atoms in total. The van der Waals surface area contributed by atoms with Gasteiger partial charge in [-0.1, -0.05) is 30.3 Å². The van der Waals surface area contributed by atoms with Crippen LogP contribution in [-0.2, 0) is 16.1 Å². The number of allylic oxidation sites excluding steroid dienone is 1. The molecule has 1 N–H and O–H groups in total. The van der Waals surface area contributed by atoms with E-state index >= 15 is 0 Å². The molecule has 0 spiro atoms. The van der Waals surface area contributed by atoms with Crippen LogP contribution in [0.2, 0.25) is 0 Å². The van der Waals surface area contributed by atoms with Gasteiger partial charge in [-0.3, -0.25) is 0 Å². The lowest BCUT2D eigenvalue weighted by Crippen LogP contribution is -2.47. The van der Waals surface area contributed by atoms with E-state index in [-0.39, 0.29) is 17.7 Å². The van der Waals surface area contributed by atoms with Crippen molar-refractivity contribution in [3.63, 3.8) is 0 Å². The lowest BCUT2D eigenvalue weighted by Gasteiger charge is -2.28. The molecule has 3 rings (SSSR count). The molecule has 1 aliphatic carbocycles. The molecule has 0 aromatic heterocycles. The largest absolute Gasteiger partial charge is 0.496 e. The molecule has 1 saturated carbocycles. The number of carbonyl (C=O) groups is 1. The molecule has 1 aliphatic heterocycles. The first-order valence-electron chi connectivity index (χ1n) is 7.08. The summed E-state index contributed by atoms with van der Waals surface area (Å²) >= 11 is 0. The molecule has 0 saturated heterocycles. The van der Waals surface area contributed by atoms with Crippen LogP contribution in [0.1, 0.15) is 31.2 Å². The first-order valence-corrected chi connectivity index (χ1v) is 7.08. The maximum atomic E-state index is 11.9. The van der Waals surface area contributed by atoms with Crippen molar-refractivity contribution in [3.05, 3.63) is 48.2 Å². The lowest BCUT2D eigenvalue weighted by molar-refractivity contribution is 0.0667. The number of alkyl carbamates (subject to hydrolysis) is 1. The first kappa shape index (κ1) is 13.0. The molecule has 1 fully saturated rings. The molecule has 0 bridgehead atoms. The molecule has 1 aromatic carbocycles. The highest BCUT2D eigenvalue weighted by atomic mass is 16.5. The fourth-order valence-electron chi connectivity index (χ4n) is 2.57. The van der Waals surface area contributed by atoms with Crippen molar-refractivity contribution >= 4 is 6.09 Å². The van der Waals surface area contributed by atoms with Gasteiger partial charge in [0.05, 0.1) is 11.8 Å². The normalized spacial score (nSPS) is 22.7. The van der Waals surface area contributed by atoms with Gasteiger partial charge in [0.15, 0.2) is 0 Å². The van der Waals surface area contributed by atoms with Crippen molar-refractivity contribution in [3.8, 4) is 0 Å². The highest BCUT2D eigenvalue weighted by Gasteiger charge is 2.52. The summed E-state index contributed by atoms with van der Waals surface area (Å²) < 4.78 is 10.9. The predicted octanol–water partition coefficient (Wildman–Crippen LogP) is 3.14. The zero-order valence-electron chi connectivity index (χ0n) is 11.4. The van der Waals surface area contributed by atoms with E-state index in [1.165, 1.54) is 0 Å². The standard InChI is InChI=1S/C16H19NO3/c18-15(20-12-13-6-2-1-3-7-13)17-16(9-10-16)14-8-4-5-11-19-14/h1-3,5-7,11,14H,4,8-10,12H2,(H,17,18)/t14-/m0/s1. The van der Waals surface area contributed by atoms with Crippen LogP contribution < -0.4 is 5.32 Å². The van der Waals surface area contributed by atoms with Gasteiger partial charge in [-0.05, 0) is 37.3 Å². The van der Waals surface area contributed by atoms with E-state index in [0.717, 1.165) is 31.2 Å². The molecule has 0 radical (unpaired) electrons. The Morgan fingerprint density at radius 3 is 2.80 bits per heavy atom. The Kier molecular flexibility index (Phi) is 3.63. The predicted molar refractivity (Wildman–Crippen MR) is 75.0 cm³/mol. The molecule has 1 heterocycles. The molecule has 1 aromatic rings. The van der Waals surface area contributed by atoms with Crippen molar-refractivity contribution in [1.82, 2.24) is 5.32 Å². The fraction of sp³-hybridized carbons (Fsp3) is 0.438. The van der Waals surface area contributed by atoms with Crippen molar-refractivity contribution in [1.29, 1.82) is 0 Å².